The summed E-state index contributed by atoms with van der Waals surface area (Å²) in [5, 5.41) is 5.55. The van der Waals surface area contributed by atoms with Crippen LogP contribution in [0.1, 0.15) is 58.1 Å². The lowest BCUT2D eigenvalue weighted by Gasteiger charge is -2.30. The second kappa shape index (κ2) is 8.46. The quantitative estimate of drug-likeness (QED) is 0.744. The third-order valence-corrected chi connectivity index (χ3v) is 5.22. The summed E-state index contributed by atoms with van der Waals surface area (Å²) in [6, 6.07) is 6.55. The molecule has 3 atom stereocenters. The number of benzene rings is 1. The number of para-hydroxylation sites is 1. The van der Waals surface area contributed by atoms with Crippen LogP contribution in [0.4, 0.5) is 4.79 Å². The topological polar surface area (TPSA) is 76.7 Å². The van der Waals surface area contributed by atoms with E-state index in [2.05, 4.69) is 17.6 Å². The molecule has 6 nitrogen and oxygen atoms in total. The van der Waals surface area contributed by atoms with Crippen molar-refractivity contribution in [3.63, 3.8) is 0 Å². The molecule has 27 heavy (non-hydrogen) atoms. The molecule has 0 aromatic heterocycles. The lowest BCUT2D eigenvalue weighted by Crippen LogP contribution is -2.45. The molecular formula is C21H28N2O4. The Bertz CT molecular complexity index is 743. The van der Waals surface area contributed by atoms with Gasteiger partial charge in [0.15, 0.2) is 0 Å². The second-order valence-electron chi connectivity index (χ2n) is 7.31. The number of hydrogen-bond acceptors (Lipinski definition) is 4. The first kappa shape index (κ1) is 19.3. The van der Waals surface area contributed by atoms with Crippen molar-refractivity contribution in [3.05, 3.63) is 41.1 Å². The standard InChI is InChI=1S/C21H28N2O4/c1-4-12-26-17-10-6-5-9-15(17)19-18(14(3)22-21(25)23-19)20(24)27-16-11-7-8-13(16)2/h5-6,9-10,13,16,19H,4,7-8,11-12H2,1-3H3,(H2,22,23,25)/t13-,16-,19+/m1/s1. The van der Waals surface area contributed by atoms with E-state index in [0.29, 0.717) is 29.5 Å². The van der Waals surface area contributed by atoms with Gasteiger partial charge < -0.3 is 20.1 Å². The molecule has 1 fully saturated rings. The largest absolute Gasteiger partial charge is 0.493 e. The van der Waals surface area contributed by atoms with E-state index in [0.717, 1.165) is 31.2 Å². The van der Waals surface area contributed by atoms with Gasteiger partial charge in [0.1, 0.15) is 11.9 Å². The minimum absolute atomic E-state index is 0.0670. The number of allylic oxidation sites excluding steroid dienone is 1. The molecule has 1 aliphatic carbocycles. The number of esters is 1. The number of urea groups is 1. The summed E-state index contributed by atoms with van der Waals surface area (Å²) < 4.78 is 11.7. The van der Waals surface area contributed by atoms with E-state index in [1.807, 2.05) is 31.2 Å². The van der Waals surface area contributed by atoms with Crippen molar-refractivity contribution in [2.45, 2.75) is 58.6 Å². The molecule has 0 radical (unpaired) electrons. The maximum Gasteiger partial charge on any atom is 0.338 e. The molecule has 1 saturated carbocycles. The summed E-state index contributed by atoms with van der Waals surface area (Å²) in [5.74, 6) is 0.646. The molecule has 1 aliphatic heterocycles. The average Bonchev–Trinajstić information content (AvgIpc) is 3.04. The number of amides is 2. The monoisotopic (exact) mass is 372 g/mol. The zero-order valence-corrected chi connectivity index (χ0v) is 16.2. The number of ether oxygens (including phenoxy) is 2. The summed E-state index contributed by atoms with van der Waals surface area (Å²) in [6.45, 7) is 6.44. The summed E-state index contributed by atoms with van der Waals surface area (Å²) >= 11 is 0. The number of rotatable bonds is 6. The van der Waals surface area contributed by atoms with E-state index in [9.17, 15) is 9.59 Å². The summed E-state index contributed by atoms with van der Waals surface area (Å²) in [4.78, 5) is 25.1. The van der Waals surface area contributed by atoms with Gasteiger partial charge in [-0.25, -0.2) is 9.59 Å². The predicted octanol–water partition coefficient (Wildman–Crippen LogP) is 3.84. The van der Waals surface area contributed by atoms with Crippen molar-refractivity contribution >= 4 is 12.0 Å². The zero-order valence-electron chi connectivity index (χ0n) is 16.2. The molecule has 1 heterocycles. The van der Waals surface area contributed by atoms with Crippen molar-refractivity contribution in [2.75, 3.05) is 6.61 Å². The van der Waals surface area contributed by atoms with Crippen LogP contribution in [0.3, 0.4) is 0 Å². The van der Waals surface area contributed by atoms with E-state index in [1.54, 1.807) is 6.92 Å². The zero-order chi connectivity index (χ0) is 19.4. The minimum atomic E-state index is -0.601. The fraction of sp³-hybridized carbons (Fsp3) is 0.524. The Morgan fingerprint density at radius 1 is 1.26 bits per heavy atom. The van der Waals surface area contributed by atoms with Gasteiger partial charge in [0, 0.05) is 11.3 Å². The number of carbonyl (C=O) groups excluding carboxylic acids is 2. The fourth-order valence-corrected chi connectivity index (χ4v) is 3.75. The Hall–Kier alpha value is -2.50. The van der Waals surface area contributed by atoms with Gasteiger partial charge in [-0.3, -0.25) is 0 Å². The normalized spacial score (nSPS) is 25.0. The van der Waals surface area contributed by atoms with Gasteiger partial charge in [-0.05, 0) is 44.6 Å². The van der Waals surface area contributed by atoms with Gasteiger partial charge in [-0.2, -0.15) is 0 Å². The second-order valence-corrected chi connectivity index (χ2v) is 7.31. The van der Waals surface area contributed by atoms with Crippen molar-refractivity contribution < 1.29 is 19.1 Å². The van der Waals surface area contributed by atoms with Crippen LogP contribution >= 0.6 is 0 Å². The summed E-state index contributed by atoms with van der Waals surface area (Å²) in [5.41, 5.74) is 1.71. The van der Waals surface area contributed by atoms with Crippen LogP contribution in [0.2, 0.25) is 0 Å². The van der Waals surface area contributed by atoms with Gasteiger partial charge in [0.25, 0.3) is 0 Å². The lowest BCUT2D eigenvalue weighted by atomic mass is 9.94. The van der Waals surface area contributed by atoms with Gasteiger partial charge in [0.05, 0.1) is 18.2 Å². The Labute approximate surface area is 160 Å². The first-order chi connectivity index (χ1) is 13.0. The van der Waals surface area contributed by atoms with Gasteiger partial charge in [-0.1, -0.05) is 32.0 Å². The SMILES string of the molecule is CCCOc1ccccc1[C@@H]1NC(=O)NC(C)=C1C(=O)O[C@@H]1CCC[C@H]1C. The first-order valence-corrected chi connectivity index (χ1v) is 9.72. The van der Waals surface area contributed by atoms with Crippen LogP contribution in [0.5, 0.6) is 5.75 Å². The highest BCUT2D eigenvalue weighted by molar-refractivity contribution is 5.95. The van der Waals surface area contributed by atoms with Crippen LogP contribution in [0, 0.1) is 5.92 Å². The molecule has 2 amide bonds. The molecule has 6 heteroatoms. The van der Waals surface area contributed by atoms with Crippen LogP contribution in [-0.2, 0) is 9.53 Å². The maximum absolute atomic E-state index is 13.0. The Morgan fingerprint density at radius 2 is 2.04 bits per heavy atom. The van der Waals surface area contributed by atoms with E-state index >= 15 is 0 Å². The number of nitrogens with one attached hydrogen (secondary N) is 2. The van der Waals surface area contributed by atoms with Crippen molar-refractivity contribution in [1.82, 2.24) is 10.6 Å². The molecule has 2 N–H and O–H groups in total. The fourth-order valence-electron chi connectivity index (χ4n) is 3.75. The summed E-state index contributed by atoms with van der Waals surface area (Å²) in [7, 11) is 0. The summed E-state index contributed by atoms with van der Waals surface area (Å²) in [6.07, 6.45) is 3.84. The van der Waals surface area contributed by atoms with E-state index in [-0.39, 0.29) is 18.1 Å². The van der Waals surface area contributed by atoms with Crippen molar-refractivity contribution in [3.8, 4) is 5.75 Å². The molecule has 2 aliphatic rings. The van der Waals surface area contributed by atoms with Gasteiger partial charge >= 0.3 is 12.0 Å². The van der Waals surface area contributed by atoms with Crippen LogP contribution in [0.25, 0.3) is 0 Å². The smallest absolute Gasteiger partial charge is 0.338 e. The highest BCUT2D eigenvalue weighted by Gasteiger charge is 2.36. The minimum Gasteiger partial charge on any atom is -0.493 e. The maximum atomic E-state index is 13.0. The molecule has 0 spiro atoms. The average molecular weight is 372 g/mol. The lowest BCUT2D eigenvalue weighted by molar-refractivity contribution is -0.146. The Balaban J connectivity index is 1.91. The van der Waals surface area contributed by atoms with Crippen LogP contribution < -0.4 is 15.4 Å². The number of hydrogen-bond donors (Lipinski definition) is 2. The van der Waals surface area contributed by atoms with E-state index in [4.69, 9.17) is 9.47 Å². The van der Waals surface area contributed by atoms with Gasteiger partial charge in [0.2, 0.25) is 0 Å². The molecule has 0 bridgehead atoms. The molecule has 146 valence electrons. The molecule has 0 saturated heterocycles. The van der Waals surface area contributed by atoms with Crippen LogP contribution in [-0.4, -0.2) is 24.7 Å². The molecule has 0 unspecified atom stereocenters. The number of carbonyl (C=O) groups is 2. The third-order valence-electron chi connectivity index (χ3n) is 5.22. The van der Waals surface area contributed by atoms with Crippen molar-refractivity contribution in [1.29, 1.82) is 0 Å². The molecule has 1 aromatic carbocycles. The highest BCUT2D eigenvalue weighted by atomic mass is 16.5. The third kappa shape index (κ3) is 4.26. The predicted molar refractivity (Wildman–Crippen MR) is 102 cm³/mol. The molecular weight excluding hydrogens is 344 g/mol. The highest BCUT2D eigenvalue weighted by Crippen LogP contribution is 2.35. The Kier molecular flexibility index (Phi) is 6.04. The molecule has 3 rings (SSSR count). The van der Waals surface area contributed by atoms with Crippen LogP contribution in [0.15, 0.2) is 35.5 Å². The molecule has 1 aromatic rings. The van der Waals surface area contributed by atoms with E-state index < -0.39 is 6.04 Å². The first-order valence-electron chi connectivity index (χ1n) is 9.72. The van der Waals surface area contributed by atoms with E-state index in [1.165, 1.54) is 0 Å². The van der Waals surface area contributed by atoms with Crippen molar-refractivity contribution in [2.24, 2.45) is 5.92 Å². The Morgan fingerprint density at radius 3 is 2.74 bits per heavy atom. The van der Waals surface area contributed by atoms with Gasteiger partial charge in [-0.15, -0.1) is 0 Å².